The molecule has 2 aromatic rings. The molecular formula is C18H18ClNO2. The smallest absolute Gasteiger partial charge is 0.257 e. The molecule has 1 aliphatic rings. The molecule has 114 valence electrons. The Morgan fingerprint density at radius 2 is 1.73 bits per heavy atom. The highest BCUT2D eigenvalue weighted by molar-refractivity contribution is 6.34. The predicted molar refractivity (Wildman–Crippen MR) is 88.7 cm³/mol. The molecule has 1 aliphatic carbocycles. The van der Waals surface area contributed by atoms with Crippen LogP contribution >= 0.6 is 11.6 Å². The maximum absolute atomic E-state index is 12.2. The highest BCUT2D eigenvalue weighted by atomic mass is 35.5. The molecule has 1 amide bonds. The Morgan fingerprint density at radius 1 is 1.05 bits per heavy atom. The van der Waals surface area contributed by atoms with Crippen molar-refractivity contribution in [2.45, 2.75) is 31.8 Å². The van der Waals surface area contributed by atoms with Crippen LogP contribution in [0.3, 0.4) is 0 Å². The Morgan fingerprint density at radius 3 is 2.41 bits per heavy atom. The second kappa shape index (κ2) is 6.84. The van der Waals surface area contributed by atoms with Gasteiger partial charge in [-0.1, -0.05) is 23.7 Å². The van der Waals surface area contributed by atoms with Crippen molar-refractivity contribution in [2.75, 3.05) is 5.32 Å². The van der Waals surface area contributed by atoms with Crippen LogP contribution < -0.4 is 10.1 Å². The number of hydrogen-bond acceptors (Lipinski definition) is 2. The monoisotopic (exact) mass is 315 g/mol. The lowest BCUT2D eigenvalue weighted by Gasteiger charge is -2.13. The van der Waals surface area contributed by atoms with E-state index in [0.717, 1.165) is 24.3 Å². The molecule has 4 heteroatoms. The summed E-state index contributed by atoms with van der Waals surface area (Å²) in [5.74, 6) is 0.637. The van der Waals surface area contributed by atoms with Crippen molar-refractivity contribution >= 4 is 23.2 Å². The molecule has 0 bridgehead atoms. The fourth-order valence-electron chi connectivity index (χ4n) is 2.66. The average Bonchev–Trinajstić information content (AvgIpc) is 3.02. The first kappa shape index (κ1) is 14.9. The van der Waals surface area contributed by atoms with Crippen molar-refractivity contribution < 1.29 is 9.53 Å². The Hall–Kier alpha value is -2.00. The highest BCUT2D eigenvalue weighted by Crippen LogP contribution is 2.25. The van der Waals surface area contributed by atoms with Crippen molar-refractivity contribution in [3.8, 4) is 5.75 Å². The van der Waals surface area contributed by atoms with Crippen molar-refractivity contribution in [1.29, 1.82) is 0 Å². The minimum absolute atomic E-state index is 0.213. The molecule has 0 radical (unpaired) electrons. The fraction of sp³-hybridized carbons (Fsp3) is 0.278. The first-order valence-corrected chi connectivity index (χ1v) is 7.93. The van der Waals surface area contributed by atoms with E-state index in [4.69, 9.17) is 16.3 Å². The fourth-order valence-corrected chi connectivity index (χ4v) is 2.88. The Labute approximate surface area is 135 Å². The molecule has 3 rings (SSSR count). The molecule has 0 aliphatic heterocycles. The van der Waals surface area contributed by atoms with E-state index >= 15 is 0 Å². The summed E-state index contributed by atoms with van der Waals surface area (Å²) >= 11 is 6.02. The second-order valence-corrected chi connectivity index (χ2v) is 5.89. The van der Waals surface area contributed by atoms with E-state index in [9.17, 15) is 4.79 Å². The van der Waals surface area contributed by atoms with Crippen LogP contribution in [0.1, 0.15) is 36.0 Å². The molecule has 0 spiro atoms. The van der Waals surface area contributed by atoms with Crippen LogP contribution in [-0.2, 0) is 0 Å². The minimum Gasteiger partial charge on any atom is -0.490 e. The standard InChI is InChI=1S/C18H18ClNO2/c19-17-8-4-3-7-16(17)18(21)20-13-9-11-15(12-10-13)22-14-5-1-2-6-14/h3-4,7-12,14H,1-2,5-6H2,(H,20,21). The number of amides is 1. The number of halogens is 1. The maximum atomic E-state index is 12.2. The van der Waals surface area contributed by atoms with E-state index in [-0.39, 0.29) is 5.91 Å². The van der Waals surface area contributed by atoms with Crippen LogP contribution in [0.25, 0.3) is 0 Å². The van der Waals surface area contributed by atoms with Crippen LogP contribution in [0.5, 0.6) is 5.75 Å². The molecule has 3 nitrogen and oxygen atoms in total. The zero-order valence-corrected chi connectivity index (χ0v) is 13.0. The molecule has 22 heavy (non-hydrogen) atoms. The van der Waals surface area contributed by atoms with E-state index in [1.54, 1.807) is 24.3 Å². The number of hydrogen-bond donors (Lipinski definition) is 1. The molecule has 2 aromatic carbocycles. The first-order chi connectivity index (χ1) is 10.7. The SMILES string of the molecule is O=C(Nc1ccc(OC2CCCC2)cc1)c1ccccc1Cl. The van der Waals surface area contributed by atoms with Gasteiger partial charge in [-0.2, -0.15) is 0 Å². The van der Waals surface area contributed by atoms with E-state index in [1.807, 2.05) is 24.3 Å². The quantitative estimate of drug-likeness (QED) is 0.870. The van der Waals surface area contributed by atoms with Gasteiger partial charge in [-0.15, -0.1) is 0 Å². The van der Waals surface area contributed by atoms with E-state index < -0.39 is 0 Å². The number of carbonyl (C=O) groups excluding carboxylic acids is 1. The third-order valence-corrected chi connectivity index (χ3v) is 4.17. The van der Waals surface area contributed by atoms with Gasteiger partial charge in [0.2, 0.25) is 0 Å². The average molecular weight is 316 g/mol. The topological polar surface area (TPSA) is 38.3 Å². The summed E-state index contributed by atoms with van der Waals surface area (Å²) in [7, 11) is 0. The minimum atomic E-state index is -0.213. The lowest BCUT2D eigenvalue weighted by atomic mass is 10.2. The predicted octanol–water partition coefficient (Wildman–Crippen LogP) is 4.91. The summed E-state index contributed by atoms with van der Waals surface area (Å²) in [6, 6.07) is 14.5. The third-order valence-electron chi connectivity index (χ3n) is 3.84. The summed E-state index contributed by atoms with van der Waals surface area (Å²) in [5.41, 5.74) is 1.19. The van der Waals surface area contributed by atoms with Gasteiger partial charge in [0.15, 0.2) is 0 Å². The molecule has 0 heterocycles. The van der Waals surface area contributed by atoms with Gasteiger partial charge >= 0.3 is 0 Å². The lowest BCUT2D eigenvalue weighted by Crippen LogP contribution is -2.13. The summed E-state index contributed by atoms with van der Waals surface area (Å²) in [6.07, 6.45) is 5.09. The van der Waals surface area contributed by atoms with Gasteiger partial charge in [0.1, 0.15) is 5.75 Å². The number of benzene rings is 2. The van der Waals surface area contributed by atoms with Crippen molar-refractivity contribution in [2.24, 2.45) is 0 Å². The number of nitrogens with one attached hydrogen (secondary N) is 1. The van der Waals surface area contributed by atoms with Crippen LogP contribution in [0.2, 0.25) is 5.02 Å². The van der Waals surface area contributed by atoms with Crippen molar-refractivity contribution in [3.05, 3.63) is 59.1 Å². The van der Waals surface area contributed by atoms with Gasteiger partial charge in [-0.05, 0) is 62.1 Å². The van der Waals surface area contributed by atoms with Gasteiger partial charge < -0.3 is 10.1 Å². The third kappa shape index (κ3) is 3.60. The lowest BCUT2D eigenvalue weighted by molar-refractivity contribution is 0.102. The summed E-state index contributed by atoms with van der Waals surface area (Å²) < 4.78 is 5.91. The molecule has 0 aromatic heterocycles. The molecule has 1 saturated carbocycles. The van der Waals surface area contributed by atoms with Gasteiger partial charge in [0.05, 0.1) is 16.7 Å². The Kier molecular flexibility index (Phi) is 4.64. The zero-order chi connectivity index (χ0) is 15.4. The van der Waals surface area contributed by atoms with E-state index in [2.05, 4.69) is 5.32 Å². The summed E-state index contributed by atoms with van der Waals surface area (Å²) in [5, 5.41) is 3.29. The van der Waals surface area contributed by atoms with Gasteiger partial charge in [-0.25, -0.2) is 0 Å². The second-order valence-electron chi connectivity index (χ2n) is 5.48. The first-order valence-electron chi connectivity index (χ1n) is 7.55. The molecular weight excluding hydrogens is 298 g/mol. The normalized spacial score (nSPS) is 14.8. The van der Waals surface area contributed by atoms with Crippen molar-refractivity contribution in [3.63, 3.8) is 0 Å². The van der Waals surface area contributed by atoms with Crippen molar-refractivity contribution in [1.82, 2.24) is 0 Å². The summed E-state index contributed by atoms with van der Waals surface area (Å²) in [4.78, 5) is 12.2. The Balaban J connectivity index is 1.63. The largest absolute Gasteiger partial charge is 0.490 e. The maximum Gasteiger partial charge on any atom is 0.257 e. The molecule has 0 atom stereocenters. The number of anilines is 1. The summed E-state index contributed by atoms with van der Waals surface area (Å²) in [6.45, 7) is 0. The van der Waals surface area contributed by atoms with Gasteiger partial charge in [-0.3, -0.25) is 4.79 Å². The molecule has 1 fully saturated rings. The highest BCUT2D eigenvalue weighted by Gasteiger charge is 2.16. The zero-order valence-electron chi connectivity index (χ0n) is 12.2. The van der Waals surface area contributed by atoms with Crippen LogP contribution in [-0.4, -0.2) is 12.0 Å². The van der Waals surface area contributed by atoms with Crippen LogP contribution in [0, 0.1) is 0 Å². The van der Waals surface area contributed by atoms with Crippen LogP contribution in [0.15, 0.2) is 48.5 Å². The molecule has 0 unspecified atom stereocenters. The molecule has 1 N–H and O–H groups in total. The van der Waals surface area contributed by atoms with Gasteiger partial charge in [0.25, 0.3) is 5.91 Å². The number of rotatable bonds is 4. The Bertz CT molecular complexity index is 648. The number of ether oxygens (including phenoxy) is 1. The van der Waals surface area contributed by atoms with E-state index in [0.29, 0.717) is 16.7 Å². The van der Waals surface area contributed by atoms with E-state index in [1.165, 1.54) is 12.8 Å². The van der Waals surface area contributed by atoms with Crippen LogP contribution in [0.4, 0.5) is 5.69 Å². The number of carbonyl (C=O) groups is 1. The van der Waals surface area contributed by atoms with Gasteiger partial charge in [0, 0.05) is 5.69 Å². The molecule has 0 saturated heterocycles.